The van der Waals surface area contributed by atoms with E-state index in [2.05, 4.69) is 16.3 Å². The van der Waals surface area contributed by atoms with E-state index in [9.17, 15) is 0 Å². The van der Waals surface area contributed by atoms with Crippen molar-refractivity contribution in [1.82, 2.24) is 10.2 Å². The van der Waals surface area contributed by atoms with E-state index in [0.29, 0.717) is 16.0 Å². The van der Waals surface area contributed by atoms with Crippen LogP contribution in [0.4, 0.5) is 0 Å². The van der Waals surface area contributed by atoms with Crippen molar-refractivity contribution in [2.24, 2.45) is 0 Å². The number of hydrogen-bond donors (Lipinski definition) is 1. The Morgan fingerprint density at radius 3 is 2.65 bits per heavy atom. The zero-order chi connectivity index (χ0) is 11.8. The lowest BCUT2D eigenvalue weighted by Gasteiger charge is -2.23. The van der Waals surface area contributed by atoms with E-state index < -0.39 is 0 Å². The third-order valence-electron chi connectivity index (χ3n) is 3.35. The maximum atomic E-state index is 6.16. The van der Waals surface area contributed by atoms with E-state index in [1.54, 1.807) is 6.07 Å². The molecule has 0 bridgehead atoms. The Bertz CT molecular complexity index is 544. The van der Waals surface area contributed by atoms with Gasteiger partial charge in [-0.1, -0.05) is 29.6 Å². The molecule has 1 aliphatic rings. The van der Waals surface area contributed by atoms with E-state index >= 15 is 0 Å². The Labute approximate surface area is 110 Å². The fourth-order valence-electron chi connectivity index (χ4n) is 2.10. The standard InChI is InChI=1S/C13H12Cl2N2/c14-9-4-5-10(11(15)6-9)13-7-12(16-17-13)8-2-1-3-8/h4-8H,1-3H2,(H,16,17). The van der Waals surface area contributed by atoms with Gasteiger partial charge in [-0.15, -0.1) is 0 Å². The smallest absolute Gasteiger partial charge is 0.0938 e. The molecule has 0 radical (unpaired) electrons. The molecule has 0 saturated heterocycles. The molecular formula is C13H12Cl2N2. The van der Waals surface area contributed by atoms with Gasteiger partial charge in [0, 0.05) is 22.2 Å². The van der Waals surface area contributed by atoms with Crippen LogP contribution in [0.2, 0.25) is 10.0 Å². The van der Waals surface area contributed by atoms with Crippen LogP contribution in [0.1, 0.15) is 30.9 Å². The number of H-pyrrole nitrogens is 1. The van der Waals surface area contributed by atoms with Crippen molar-refractivity contribution < 1.29 is 0 Å². The van der Waals surface area contributed by atoms with E-state index in [0.717, 1.165) is 11.3 Å². The molecule has 1 aliphatic carbocycles. The summed E-state index contributed by atoms with van der Waals surface area (Å²) in [6.45, 7) is 0. The van der Waals surface area contributed by atoms with Crippen LogP contribution in [0.3, 0.4) is 0 Å². The Hall–Kier alpha value is -0.990. The van der Waals surface area contributed by atoms with Crippen LogP contribution < -0.4 is 0 Å². The van der Waals surface area contributed by atoms with Gasteiger partial charge in [0.2, 0.25) is 0 Å². The first-order valence-corrected chi connectivity index (χ1v) is 6.50. The lowest BCUT2D eigenvalue weighted by atomic mass is 9.83. The molecule has 3 rings (SSSR count). The lowest BCUT2D eigenvalue weighted by molar-refractivity contribution is 0.410. The Morgan fingerprint density at radius 1 is 1.18 bits per heavy atom. The summed E-state index contributed by atoms with van der Waals surface area (Å²) in [6.07, 6.45) is 3.84. The van der Waals surface area contributed by atoms with Gasteiger partial charge in [-0.3, -0.25) is 5.10 Å². The van der Waals surface area contributed by atoms with Crippen molar-refractivity contribution >= 4 is 23.2 Å². The van der Waals surface area contributed by atoms with Crippen molar-refractivity contribution in [2.45, 2.75) is 25.2 Å². The molecular weight excluding hydrogens is 255 g/mol. The quantitative estimate of drug-likeness (QED) is 0.842. The van der Waals surface area contributed by atoms with Gasteiger partial charge in [0.1, 0.15) is 0 Å². The van der Waals surface area contributed by atoms with Crippen molar-refractivity contribution in [3.05, 3.63) is 40.0 Å². The minimum atomic E-state index is 0.643. The molecule has 88 valence electrons. The van der Waals surface area contributed by atoms with Gasteiger partial charge >= 0.3 is 0 Å². The predicted molar refractivity (Wildman–Crippen MR) is 70.6 cm³/mol. The molecule has 0 aliphatic heterocycles. The monoisotopic (exact) mass is 266 g/mol. The van der Waals surface area contributed by atoms with Crippen molar-refractivity contribution in [1.29, 1.82) is 0 Å². The molecule has 1 heterocycles. The summed E-state index contributed by atoms with van der Waals surface area (Å²) in [4.78, 5) is 0. The first-order chi connectivity index (χ1) is 8.24. The highest BCUT2D eigenvalue weighted by Gasteiger charge is 2.22. The third kappa shape index (κ3) is 2.07. The molecule has 0 atom stereocenters. The summed E-state index contributed by atoms with van der Waals surface area (Å²) >= 11 is 12.0. The normalized spacial score (nSPS) is 15.9. The maximum Gasteiger partial charge on any atom is 0.0938 e. The minimum absolute atomic E-state index is 0.643. The second-order valence-corrected chi connectivity index (χ2v) is 5.30. The Morgan fingerprint density at radius 2 is 2.00 bits per heavy atom. The number of benzene rings is 1. The summed E-state index contributed by atoms with van der Waals surface area (Å²) in [5.41, 5.74) is 3.05. The van der Waals surface area contributed by atoms with Gasteiger partial charge in [0.25, 0.3) is 0 Å². The molecule has 1 aromatic carbocycles. The predicted octanol–water partition coefficient (Wildman–Crippen LogP) is 4.65. The Kier molecular flexibility index (Phi) is 2.85. The first-order valence-electron chi connectivity index (χ1n) is 5.75. The zero-order valence-electron chi connectivity index (χ0n) is 9.21. The summed E-state index contributed by atoms with van der Waals surface area (Å²) in [5, 5.41) is 8.72. The zero-order valence-corrected chi connectivity index (χ0v) is 10.7. The summed E-state index contributed by atoms with van der Waals surface area (Å²) in [7, 11) is 0. The molecule has 1 saturated carbocycles. The highest BCUT2D eigenvalue weighted by molar-refractivity contribution is 6.36. The van der Waals surface area contributed by atoms with Gasteiger partial charge in [-0.05, 0) is 37.1 Å². The van der Waals surface area contributed by atoms with Crippen molar-refractivity contribution in [3.63, 3.8) is 0 Å². The molecule has 2 aromatic rings. The second kappa shape index (κ2) is 4.35. The van der Waals surface area contributed by atoms with E-state index in [1.165, 1.54) is 25.0 Å². The molecule has 1 fully saturated rings. The second-order valence-electron chi connectivity index (χ2n) is 4.46. The van der Waals surface area contributed by atoms with Gasteiger partial charge in [0.15, 0.2) is 0 Å². The maximum absolute atomic E-state index is 6.16. The number of aromatic nitrogens is 2. The topological polar surface area (TPSA) is 28.7 Å². The summed E-state index contributed by atoms with van der Waals surface area (Å²) < 4.78 is 0. The molecule has 2 nitrogen and oxygen atoms in total. The fourth-order valence-corrected chi connectivity index (χ4v) is 2.61. The molecule has 17 heavy (non-hydrogen) atoms. The van der Waals surface area contributed by atoms with Crippen LogP contribution in [-0.4, -0.2) is 10.2 Å². The van der Waals surface area contributed by atoms with Gasteiger partial charge in [-0.2, -0.15) is 5.10 Å². The lowest BCUT2D eigenvalue weighted by Crippen LogP contribution is -2.08. The van der Waals surface area contributed by atoms with Gasteiger partial charge in [-0.25, -0.2) is 0 Å². The number of nitrogens with zero attached hydrogens (tertiary/aromatic N) is 1. The van der Waals surface area contributed by atoms with Crippen LogP contribution in [0, 0.1) is 0 Å². The number of hydrogen-bond acceptors (Lipinski definition) is 1. The van der Waals surface area contributed by atoms with Crippen LogP contribution in [0.15, 0.2) is 24.3 Å². The minimum Gasteiger partial charge on any atom is -0.282 e. The van der Waals surface area contributed by atoms with Crippen LogP contribution in [0.25, 0.3) is 11.3 Å². The number of aromatic amines is 1. The van der Waals surface area contributed by atoms with Gasteiger partial charge < -0.3 is 0 Å². The highest BCUT2D eigenvalue weighted by Crippen LogP contribution is 2.37. The molecule has 0 spiro atoms. The average molecular weight is 267 g/mol. The van der Waals surface area contributed by atoms with Crippen LogP contribution >= 0.6 is 23.2 Å². The first kappa shape index (κ1) is 11.1. The van der Waals surface area contributed by atoms with E-state index in [4.69, 9.17) is 23.2 Å². The number of rotatable bonds is 2. The van der Waals surface area contributed by atoms with Gasteiger partial charge in [0.05, 0.1) is 10.7 Å². The number of nitrogens with one attached hydrogen (secondary N) is 1. The molecule has 0 unspecified atom stereocenters. The van der Waals surface area contributed by atoms with Crippen LogP contribution in [0.5, 0.6) is 0 Å². The van der Waals surface area contributed by atoms with E-state index in [1.807, 2.05) is 12.1 Å². The largest absolute Gasteiger partial charge is 0.282 e. The average Bonchev–Trinajstić information content (AvgIpc) is 2.64. The fraction of sp³-hybridized carbons (Fsp3) is 0.308. The van der Waals surface area contributed by atoms with E-state index in [-0.39, 0.29) is 0 Å². The Balaban J connectivity index is 1.94. The molecule has 1 N–H and O–H groups in total. The van der Waals surface area contributed by atoms with Crippen molar-refractivity contribution in [2.75, 3.05) is 0 Å². The summed E-state index contributed by atoms with van der Waals surface area (Å²) in [6, 6.07) is 7.58. The molecule has 0 amide bonds. The SMILES string of the molecule is Clc1ccc(-c2cc(C3CCC3)[nH]n2)c(Cl)c1. The van der Waals surface area contributed by atoms with Crippen LogP contribution in [-0.2, 0) is 0 Å². The molecule has 1 aromatic heterocycles. The summed E-state index contributed by atoms with van der Waals surface area (Å²) in [5.74, 6) is 0.655. The number of halogens is 2. The molecule has 4 heteroatoms. The third-order valence-corrected chi connectivity index (χ3v) is 3.90. The highest BCUT2D eigenvalue weighted by atomic mass is 35.5. The van der Waals surface area contributed by atoms with Crippen molar-refractivity contribution in [3.8, 4) is 11.3 Å².